The zero-order valence-corrected chi connectivity index (χ0v) is 10.5. The Morgan fingerprint density at radius 1 is 1.44 bits per heavy atom. The number of aromatic nitrogens is 1. The second kappa shape index (κ2) is 3.78. The molecule has 3 rings (SSSR count). The van der Waals surface area contributed by atoms with Crippen molar-refractivity contribution in [3.8, 4) is 0 Å². The second-order valence-electron chi connectivity index (χ2n) is 4.51. The molecular formula is C10H14N2O2S2. The zero-order valence-electron chi connectivity index (χ0n) is 8.85. The Morgan fingerprint density at radius 2 is 2.25 bits per heavy atom. The van der Waals surface area contributed by atoms with E-state index in [1.54, 1.807) is 11.3 Å². The van der Waals surface area contributed by atoms with Crippen LogP contribution in [0.1, 0.15) is 35.5 Å². The van der Waals surface area contributed by atoms with E-state index in [4.69, 9.17) is 0 Å². The molecule has 16 heavy (non-hydrogen) atoms. The molecule has 1 N–H and O–H groups in total. The quantitative estimate of drug-likeness (QED) is 0.862. The molecule has 0 aromatic carbocycles. The first-order valence-electron chi connectivity index (χ1n) is 5.53. The number of hydrogen-bond acceptors (Lipinski definition) is 5. The molecule has 88 valence electrons. The van der Waals surface area contributed by atoms with Gasteiger partial charge in [0.05, 0.1) is 23.2 Å². The van der Waals surface area contributed by atoms with Crippen LogP contribution >= 0.6 is 11.3 Å². The topological polar surface area (TPSA) is 59.1 Å². The Hall–Kier alpha value is -0.460. The summed E-state index contributed by atoms with van der Waals surface area (Å²) in [5.74, 6) is 1.10. The van der Waals surface area contributed by atoms with Crippen LogP contribution in [0.2, 0.25) is 0 Å². The molecule has 0 amide bonds. The van der Waals surface area contributed by atoms with E-state index in [-0.39, 0.29) is 17.5 Å². The van der Waals surface area contributed by atoms with Gasteiger partial charge in [-0.25, -0.2) is 13.4 Å². The van der Waals surface area contributed by atoms with Crippen molar-refractivity contribution in [2.24, 2.45) is 0 Å². The first kappa shape index (κ1) is 10.7. The van der Waals surface area contributed by atoms with Gasteiger partial charge in [-0.15, -0.1) is 11.3 Å². The van der Waals surface area contributed by atoms with Crippen LogP contribution in [0.15, 0.2) is 5.38 Å². The Morgan fingerprint density at radius 3 is 2.94 bits per heavy atom. The normalized spacial score (nSPS) is 29.1. The lowest BCUT2D eigenvalue weighted by atomic mass is 10.3. The van der Waals surface area contributed by atoms with Crippen LogP contribution in [0.5, 0.6) is 0 Å². The van der Waals surface area contributed by atoms with Gasteiger partial charge in [0.2, 0.25) is 0 Å². The Balaban J connectivity index is 1.80. The van der Waals surface area contributed by atoms with Crippen LogP contribution in [0.3, 0.4) is 0 Å². The predicted molar refractivity (Wildman–Crippen MR) is 63.5 cm³/mol. The van der Waals surface area contributed by atoms with E-state index in [1.165, 1.54) is 12.8 Å². The molecule has 1 aromatic rings. The monoisotopic (exact) mass is 258 g/mol. The highest BCUT2D eigenvalue weighted by Crippen LogP contribution is 2.40. The summed E-state index contributed by atoms with van der Waals surface area (Å²) in [5, 5.41) is 6.25. The van der Waals surface area contributed by atoms with Crippen molar-refractivity contribution in [1.82, 2.24) is 10.3 Å². The van der Waals surface area contributed by atoms with E-state index in [0.29, 0.717) is 12.5 Å². The third-order valence-electron chi connectivity index (χ3n) is 3.06. The van der Waals surface area contributed by atoms with Gasteiger partial charge >= 0.3 is 0 Å². The summed E-state index contributed by atoms with van der Waals surface area (Å²) in [6.07, 6.45) is 2.47. The fraction of sp³-hybridized carbons (Fsp3) is 0.700. The zero-order chi connectivity index (χ0) is 11.2. The highest BCUT2D eigenvalue weighted by Gasteiger charge is 2.30. The number of sulfone groups is 1. The van der Waals surface area contributed by atoms with Gasteiger partial charge in [0.15, 0.2) is 9.84 Å². The molecule has 1 saturated heterocycles. The average molecular weight is 258 g/mol. The number of hydrogen-bond donors (Lipinski definition) is 1. The lowest BCUT2D eigenvalue weighted by molar-refractivity contribution is 0.529. The molecule has 2 heterocycles. The molecule has 1 aromatic heterocycles. The summed E-state index contributed by atoms with van der Waals surface area (Å²) in [5.41, 5.74) is 1.16. The number of nitrogens with one attached hydrogen (secondary N) is 1. The highest BCUT2D eigenvalue weighted by atomic mass is 32.2. The lowest BCUT2D eigenvalue weighted by Gasteiger charge is -2.21. The van der Waals surface area contributed by atoms with Crippen LogP contribution in [0, 0.1) is 0 Å². The molecule has 1 unspecified atom stereocenters. The van der Waals surface area contributed by atoms with Crippen LogP contribution in [-0.4, -0.2) is 31.5 Å². The van der Waals surface area contributed by atoms with Crippen molar-refractivity contribution in [2.45, 2.75) is 24.8 Å². The first-order chi connectivity index (χ1) is 7.64. The summed E-state index contributed by atoms with van der Waals surface area (Å²) >= 11 is 1.59. The molecular weight excluding hydrogens is 244 g/mol. The van der Waals surface area contributed by atoms with Crippen molar-refractivity contribution < 1.29 is 8.42 Å². The minimum atomic E-state index is -2.87. The molecule has 0 bridgehead atoms. The Labute approximate surface area is 99.0 Å². The minimum absolute atomic E-state index is 0.0868. The fourth-order valence-electron chi connectivity index (χ4n) is 1.97. The number of rotatable bonds is 2. The summed E-state index contributed by atoms with van der Waals surface area (Å²) in [6, 6.07) is -0.0868. The van der Waals surface area contributed by atoms with Gasteiger partial charge in [-0.1, -0.05) is 0 Å². The molecule has 0 spiro atoms. The van der Waals surface area contributed by atoms with Gasteiger partial charge in [-0.3, -0.25) is 0 Å². The van der Waals surface area contributed by atoms with E-state index in [9.17, 15) is 8.42 Å². The summed E-state index contributed by atoms with van der Waals surface area (Å²) in [4.78, 5) is 4.55. The van der Waals surface area contributed by atoms with Gasteiger partial charge in [-0.2, -0.15) is 0 Å². The molecule has 1 aliphatic heterocycles. The van der Waals surface area contributed by atoms with E-state index in [1.807, 2.05) is 0 Å². The molecule has 1 saturated carbocycles. The molecule has 4 nitrogen and oxygen atoms in total. The molecule has 2 fully saturated rings. The van der Waals surface area contributed by atoms with Crippen molar-refractivity contribution in [3.05, 3.63) is 16.1 Å². The van der Waals surface area contributed by atoms with E-state index in [0.717, 1.165) is 10.7 Å². The predicted octanol–water partition coefficient (Wildman–Crippen LogP) is 1.08. The van der Waals surface area contributed by atoms with Crippen molar-refractivity contribution in [3.63, 3.8) is 0 Å². The fourth-order valence-corrected chi connectivity index (χ4v) is 4.43. The third kappa shape index (κ3) is 2.14. The number of nitrogens with zero attached hydrogens (tertiary/aromatic N) is 1. The van der Waals surface area contributed by atoms with Crippen molar-refractivity contribution >= 4 is 21.2 Å². The molecule has 1 aliphatic carbocycles. The third-order valence-corrected chi connectivity index (χ3v) is 5.70. The minimum Gasteiger partial charge on any atom is -0.306 e. The lowest BCUT2D eigenvalue weighted by Crippen LogP contribution is -2.39. The maximum absolute atomic E-state index is 11.5. The maximum atomic E-state index is 11.5. The summed E-state index contributed by atoms with van der Waals surface area (Å²) < 4.78 is 23.0. The van der Waals surface area contributed by atoms with Gasteiger partial charge in [0.25, 0.3) is 0 Å². The van der Waals surface area contributed by atoms with Crippen molar-refractivity contribution in [1.29, 1.82) is 0 Å². The average Bonchev–Trinajstić information content (AvgIpc) is 2.95. The second-order valence-corrected chi connectivity index (χ2v) is 7.62. The van der Waals surface area contributed by atoms with E-state index >= 15 is 0 Å². The van der Waals surface area contributed by atoms with Crippen LogP contribution in [-0.2, 0) is 9.84 Å². The summed E-state index contributed by atoms with van der Waals surface area (Å²) in [6.45, 7) is 0.547. The Bertz CT molecular complexity index is 491. The molecule has 2 aliphatic rings. The molecule has 0 radical (unpaired) electrons. The summed E-state index contributed by atoms with van der Waals surface area (Å²) in [7, 11) is -2.87. The van der Waals surface area contributed by atoms with Gasteiger partial charge in [-0.05, 0) is 12.8 Å². The highest BCUT2D eigenvalue weighted by molar-refractivity contribution is 7.91. The molecule has 1 atom stereocenters. The van der Waals surface area contributed by atoms with Crippen molar-refractivity contribution in [2.75, 3.05) is 18.1 Å². The Kier molecular flexibility index (Phi) is 2.53. The maximum Gasteiger partial charge on any atom is 0.153 e. The SMILES string of the molecule is O=S1(=O)CCNC(c2nc(C3CC3)cs2)C1. The smallest absolute Gasteiger partial charge is 0.153 e. The van der Waals surface area contributed by atoms with Crippen LogP contribution in [0.25, 0.3) is 0 Å². The van der Waals surface area contributed by atoms with Gasteiger partial charge < -0.3 is 5.32 Å². The molecule has 6 heteroatoms. The largest absolute Gasteiger partial charge is 0.306 e. The van der Waals surface area contributed by atoms with Crippen LogP contribution < -0.4 is 5.32 Å². The van der Waals surface area contributed by atoms with Crippen LogP contribution in [0.4, 0.5) is 0 Å². The van der Waals surface area contributed by atoms with E-state index in [2.05, 4.69) is 15.7 Å². The standard InChI is InChI=1S/C10H14N2O2S2/c13-16(14)4-3-11-9(6-16)10-12-8(5-15-10)7-1-2-7/h5,7,9,11H,1-4,6H2. The van der Waals surface area contributed by atoms with Gasteiger partial charge in [0, 0.05) is 17.8 Å². The van der Waals surface area contributed by atoms with Gasteiger partial charge in [0.1, 0.15) is 5.01 Å². The number of thiazole rings is 1. The first-order valence-corrected chi connectivity index (χ1v) is 8.23. The van der Waals surface area contributed by atoms with E-state index < -0.39 is 9.84 Å².